The van der Waals surface area contributed by atoms with Crippen molar-refractivity contribution in [1.29, 1.82) is 0 Å². The molecule has 23 heavy (non-hydrogen) atoms. The van der Waals surface area contributed by atoms with Crippen molar-refractivity contribution in [3.63, 3.8) is 0 Å². The molecule has 122 valence electrons. The first-order chi connectivity index (χ1) is 10.6. The molecule has 0 saturated heterocycles. The normalized spacial score (nSPS) is 12.8. The monoisotopic (exact) mass is 309 g/mol. The van der Waals surface area contributed by atoms with E-state index in [1.54, 1.807) is 6.20 Å². The summed E-state index contributed by atoms with van der Waals surface area (Å²) in [6.07, 6.45) is 7.75. The first kappa shape index (κ1) is 17.3. The maximum absolute atomic E-state index is 10.7. The Hall–Kier alpha value is -2.09. The second-order valence-electron chi connectivity index (χ2n) is 8.08. The Balaban J connectivity index is 2.54. The van der Waals surface area contributed by atoms with Crippen molar-refractivity contribution in [2.45, 2.75) is 52.4 Å². The van der Waals surface area contributed by atoms with Crippen molar-refractivity contribution >= 4 is 12.2 Å². The summed E-state index contributed by atoms with van der Waals surface area (Å²) in [5.41, 5.74) is 3.91. The van der Waals surface area contributed by atoms with E-state index in [1.165, 1.54) is 0 Å². The van der Waals surface area contributed by atoms with Gasteiger partial charge in [0.1, 0.15) is 5.75 Å². The zero-order chi connectivity index (χ0) is 17.3. The van der Waals surface area contributed by atoms with Crippen LogP contribution < -0.4 is 0 Å². The van der Waals surface area contributed by atoms with E-state index in [0.717, 1.165) is 22.3 Å². The van der Waals surface area contributed by atoms with Gasteiger partial charge in [0.25, 0.3) is 0 Å². The molecule has 1 heterocycles. The highest BCUT2D eigenvalue weighted by Crippen LogP contribution is 2.40. The van der Waals surface area contributed by atoms with Gasteiger partial charge in [0.15, 0.2) is 0 Å². The second-order valence-corrected chi connectivity index (χ2v) is 8.08. The lowest BCUT2D eigenvalue weighted by atomic mass is 9.78. The van der Waals surface area contributed by atoms with Gasteiger partial charge in [-0.2, -0.15) is 0 Å². The van der Waals surface area contributed by atoms with Crippen molar-refractivity contribution in [3.05, 3.63) is 58.9 Å². The fourth-order valence-electron chi connectivity index (χ4n) is 2.56. The average molecular weight is 309 g/mol. The fraction of sp³-hybridized carbons (Fsp3) is 0.381. The van der Waals surface area contributed by atoms with E-state index in [-0.39, 0.29) is 10.8 Å². The smallest absolute Gasteiger partial charge is 0.123 e. The third-order valence-corrected chi connectivity index (χ3v) is 3.90. The number of benzene rings is 1. The molecule has 0 unspecified atom stereocenters. The maximum atomic E-state index is 10.7. The fourth-order valence-corrected chi connectivity index (χ4v) is 2.56. The van der Waals surface area contributed by atoms with Crippen molar-refractivity contribution in [2.75, 3.05) is 0 Å². The number of hydrogen-bond acceptors (Lipinski definition) is 2. The molecule has 2 nitrogen and oxygen atoms in total. The number of hydrogen-bond donors (Lipinski definition) is 1. The lowest BCUT2D eigenvalue weighted by Gasteiger charge is -2.27. The predicted octanol–water partition coefficient (Wildman–Crippen LogP) is 5.55. The van der Waals surface area contributed by atoms with Gasteiger partial charge >= 0.3 is 0 Å². The quantitative estimate of drug-likeness (QED) is 0.788. The zero-order valence-electron chi connectivity index (χ0n) is 15.0. The lowest BCUT2D eigenvalue weighted by Crippen LogP contribution is -2.17. The number of rotatable bonds is 2. The molecule has 1 aromatic heterocycles. The molecule has 1 aromatic carbocycles. The summed E-state index contributed by atoms with van der Waals surface area (Å²) in [7, 11) is 0. The van der Waals surface area contributed by atoms with Gasteiger partial charge < -0.3 is 5.11 Å². The van der Waals surface area contributed by atoms with E-state index >= 15 is 0 Å². The van der Waals surface area contributed by atoms with Crippen LogP contribution in [0.4, 0.5) is 0 Å². The summed E-state index contributed by atoms with van der Waals surface area (Å²) >= 11 is 0. The largest absolute Gasteiger partial charge is 0.507 e. The Bertz CT molecular complexity index is 666. The molecule has 2 rings (SSSR count). The van der Waals surface area contributed by atoms with Crippen LogP contribution in [0.15, 0.2) is 36.7 Å². The van der Waals surface area contributed by atoms with Crippen molar-refractivity contribution < 1.29 is 5.11 Å². The Morgan fingerprint density at radius 1 is 0.870 bits per heavy atom. The number of phenolic OH excluding ortho intramolecular Hbond substituents is 1. The van der Waals surface area contributed by atoms with Crippen LogP contribution in [0.25, 0.3) is 12.2 Å². The van der Waals surface area contributed by atoms with E-state index in [2.05, 4.69) is 70.8 Å². The van der Waals surface area contributed by atoms with Gasteiger partial charge in [-0.15, -0.1) is 0 Å². The SMILES string of the molecule is CC(C)(C)c1cc(/C=C/c2cccnc2)cc(C(C)(C)C)c1O. The first-order valence-corrected chi connectivity index (χ1v) is 8.05. The van der Waals surface area contributed by atoms with Crippen LogP contribution in [0.5, 0.6) is 5.75 Å². The molecule has 0 aliphatic rings. The molecular formula is C21H27NO. The molecule has 0 amide bonds. The molecule has 0 spiro atoms. The summed E-state index contributed by atoms with van der Waals surface area (Å²) in [5, 5.41) is 10.7. The summed E-state index contributed by atoms with van der Waals surface area (Å²) in [6.45, 7) is 12.8. The van der Waals surface area contributed by atoms with Crippen LogP contribution in [0.2, 0.25) is 0 Å². The van der Waals surface area contributed by atoms with Crippen LogP contribution in [-0.2, 0) is 10.8 Å². The van der Waals surface area contributed by atoms with E-state index in [0.29, 0.717) is 5.75 Å². The number of pyridine rings is 1. The van der Waals surface area contributed by atoms with Crippen LogP contribution >= 0.6 is 0 Å². The minimum atomic E-state index is -0.109. The van der Waals surface area contributed by atoms with Crippen molar-refractivity contribution in [3.8, 4) is 5.75 Å². The topological polar surface area (TPSA) is 33.1 Å². The van der Waals surface area contributed by atoms with Gasteiger partial charge in [-0.05, 0) is 40.2 Å². The van der Waals surface area contributed by atoms with Crippen LogP contribution in [0, 0.1) is 0 Å². The van der Waals surface area contributed by atoms with Gasteiger partial charge in [0.2, 0.25) is 0 Å². The van der Waals surface area contributed by atoms with Crippen LogP contribution in [0.3, 0.4) is 0 Å². The molecule has 0 aliphatic carbocycles. The summed E-state index contributed by atoms with van der Waals surface area (Å²) < 4.78 is 0. The highest BCUT2D eigenvalue weighted by atomic mass is 16.3. The van der Waals surface area contributed by atoms with Crippen molar-refractivity contribution in [1.82, 2.24) is 4.98 Å². The molecule has 0 radical (unpaired) electrons. The minimum Gasteiger partial charge on any atom is -0.507 e. The van der Waals surface area contributed by atoms with Gasteiger partial charge in [-0.25, -0.2) is 0 Å². The molecule has 2 aromatic rings. The Morgan fingerprint density at radius 2 is 1.39 bits per heavy atom. The Morgan fingerprint density at radius 3 is 1.83 bits per heavy atom. The number of phenols is 1. The maximum Gasteiger partial charge on any atom is 0.123 e. The molecule has 0 fully saturated rings. The first-order valence-electron chi connectivity index (χ1n) is 8.05. The summed E-state index contributed by atoms with van der Waals surface area (Å²) in [5.74, 6) is 0.420. The van der Waals surface area contributed by atoms with Crippen LogP contribution in [-0.4, -0.2) is 10.1 Å². The molecule has 0 bridgehead atoms. The number of aromatic hydroxyl groups is 1. The van der Waals surface area contributed by atoms with Gasteiger partial charge in [0.05, 0.1) is 0 Å². The van der Waals surface area contributed by atoms with E-state index in [9.17, 15) is 5.11 Å². The number of aromatic nitrogens is 1. The molecule has 2 heteroatoms. The van der Waals surface area contributed by atoms with Crippen LogP contribution in [0.1, 0.15) is 63.8 Å². The summed E-state index contributed by atoms with van der Waals surface area (Å²) in [4.78, 5) is 4.13. The number of nitrogens with zero attached hydrogens (tertiary/aromatic N) is 1. The molecule has 1 N–H and O–H groups in total. The molecular weight excluding hydrogens is 282 g/mol. The standard InChI is InChI=1S/C21H27NO/c1-20(2,3)17-12-16(10-9-15-8-7-11-22-14-15)13-18(19(17)23)21(4,5)6/h7-14,23H,1-6H3/b10-9+. The van der Waals surface area contributed by atoms with E-state index in [4.69, 9.17) is 0 Å². The van der Waals surface area contributed by atoms with E-state index < -0.39 is 0 Å². The third kappa shape index (κ3) is 4.22. The van der Waals surface area contributed by atoms with Crippen molar-refractivity contribution in [2.24, 2.45) is 0 Å². The zero-order valence-corrected chi connectivity index (χ0v) is 15.0. The van der Waals surface area contributed by atoms with E-state index in [1.807, 2.05) is 18.3 Å². The Kier molecular flexibility index (Phi) is 4.65. The lowest BCUT2D eigenvalue weighted by molar-refractivity contribution is 0.423. The Labute approximate surface area is 139 Å². The van der Waals surface area contributed by atoms with Gasteiger partial charge in [-0.1, -0.05) is 59.8 Å². The predicted molar refractivity (Wildman–Crippen MR) is 98.7 cm³/mol. The highest BCUT2D eigenvalue weighted by molar-refractivity contribution is 5.71. The summed E-state index contributed by atoms with van der Waals surface area (Å²) in [6, 6.07) is 8.12. The third-order valence-electron chi connectivity index (χ3n) is 3.90. The molecule has 0 aliphatic heterocycles. The van der Waals surface area contributed by atoms with Gasteiger partial charge in [0, 0.05) is 23.5 Å². The highest BCUT2D eigenvalue weighted by Gasteiger charge is 2.26. The average Bonchev–Trinajstić information content (AvgIpc) is 2.44. The van der Waals surface area contributed by atoms with Gasteiger partial charge in [-0.3, -0.25) is 4.98 Å². The molecule has 0 atom stereocenters. The molecule has 0 saturated carbocycles. The second kappa shape index (κ2) is 6.19. The minimum absolute atomic E-state index is 0.109.